The first kappa shape index (κ1) is 19.2. The van der Waals surface area contributed by atoms with E-state index in [4.69, 9.17) is 20.0 Å². The molecule has 0 saturated carbocycles. The van der Waals surface area contributed by atoms with Crippen LogP contribution in [0.15, 0.2) is 29.8 Å². The lowest BCUT2D eigenvalue weighted by molar-refractivity contribution is 0.0330. The molecule has 0 saturated heterocycles. The van der Waals surface area contributed by atoms with E-state index in [2.05, 4.69) is 4.90 Å². The minimum Gasteiger partial charge on any atom is -0.382 e. The van der Waals surface area contributed by atoms with Gasteiger partial charge in [-0.05, 0) is 24.6 Å². The Morgan fingerprint density at radius 2 is 1.71 bits per heavy atom. The number of hydrogen-bond donors (Lipinski definition) is 0. The average molecular weight is 324 g/mol. The number of hydrogen-bond acceptors (Lipinski definition) is 6. The Morgan fingerprint density at radius 1 is 1.08 bits per heavy atom. The van der Waals surface area contributed by atoms with Crippen molar-refractivity contribution in [1.82, 2.24) is 0 Å². The predicted molar refractivity (Wildman–Crippen MR) is 90.8 cm³/mol. The number of likely N-dealkylation sites (N-methyl/N-ethyl adjacent to an activating group) is 1. The molecule has 1 rings (SSSR count). The standard InChI is InChI=1S/C18H20N4O2/c1-4-22(12-17(24-3)13-23-2)16-7-5-14(6-8-16)18(11-21)15(9-19)10-20/h5-8,17H,4,12-13H2,1-3H3. The van der Waals surface area contributed by atoms with Crippen molar-refractivity contribution < 1.29 is 9.47 Å². The Kier molecular flexibility index (Phi) is 8.02. The molecule has 0 spiro atoms. The molecule has 1 aromatic carbocycles. The number of nitrogens with zero attached hydrogens (tertiary/aromatic N) is 4. The van der Waals surface area contributed by atoms with Crippen molar-refractivity contribution in [3.8, 4) is 18.2 Å². The van der Waals surface area contributed by atoms with Gasteiger partial charge in [-0.1, -0.05) is 12.1 Å². The van der Waals surface area contributed by atoms with Gasteiger partial charge in [0.25, 0.3) is 0 Å². The number of allylic oxidation sites excluding steroid dienone is 2. The molecule has 0 aliphatic heterocycles. The summed E-state index contributed by atoms with van der Waals surface area (Å²) in [5.74, 6) is 0. The van der Waals surface area contributed by atoms with Gasteiger partial charge in [-0.25, -0.2) is 0 Å². The fourth-order valence-corrected chi connectivity index (χ4v) is 2.28. The van der Waals surface area contributed by atoms with Crippen molar-refractivity contribution in [2.75, 3.05) is 38.8 Å². The van der Waals surface area contributed by atoms with Crippen LogP contribution in [-0.4, -0.2) is 40.0 Å². The molecule has 0 aliphatic rings. The Hall–Kier alpha value is -2.85. The first-order chi connectivity index (χ1) is 11.6. The van der Waals surface area contributed by atoms with Gasteiger partial charge >= 0.3 is 0 Å². The molecular weight excluding hydrogens is 304 g/mol. The third kappa shape index (κ3) is 4.83. The molecule has 124 valence electrons. The van der Waals surface area contributed by atoms with Crippen molar-refractivity contribution in [2.24, 2.45) is 0 Å². The molecule has 0 amide bonds. The highest BCUT2D eigenvalue weighted by molar-refractivity contribution is 5.84. The molecule has 0 bridgehead atoms. The van der Waals surface area contributed by atoms with Crippen LogP contribution in [0.1, 0.15) is 12.5 Å². The van der Waals surface area contributed by atoms with Gasteiger partial charge in [0.2, 0.25) is 0 Å². The average Bonchev–Trinajstić information content (AvgIpc) is 2.63. The molecule has 0 aliphatic carbocycles. The van der Waals surface area contributed by atoms with Gasteiger partial charge in [0, 0.05) is 33.0 Å². The number of anilines is 1. The summed E-state index contributed by atoms with van der Waals surface area (Å²) < 4.78 is 10.5. The summed E-state index contributed by atoms with van der Waals surface area (Å²) >= 11 is 0. The van der Waals surface area contributed by atoms with Gasteiger partial charge in [-0.15, -0.1) is 0 Å². The van der Waals surface area contributed by atoms with Crippen LogP contribution in [0.5, 0.6) is 0 Å². The van der Waals surface area contributed by atoms with E-state index in [1.54, 1.807) is 38.5 Å². The first-order valence-corrected chi connectivity index (χ1v) is 7.46. The second kappa shape index (κ2) is 10.0. The van der Waals surface area contributed by atoms with Crippen molar-refractivity contribution in [1.29, 1.82) is 15.8 Å². The van der Waals surface area contributed by atoms with Crippen LogP contribution < -0.4 is 4.90 Å². The van der Waals surface area contributed by atoms with E-state index < -0.39 is 0 Å². The van der Waals surface area contributed by atoms with Crippen LogP contribution in [-0.2, 0) is 9.47 Å². The topological polar surface area (TPSA) is 93.1 Å². The van der Waals surface area contributed by atoms with Gasteiger partial charge in [-0.3, -0.25) is 0 Å². The zero-order valence-electron chi connectivity index (χ0n) is 14.1. The molecule has 1 atom stereocenters. The zero-order valence-corrected chi connectivity index (χ0v) is 14.1. The second-order valence-corrected chi connectivity index (χ2v) is 4.98. The maximum Gasteiger partial charge on any atom is 0.148 e. The summed E-state index contributed by atoms with van der Waals surface area (Å²) in [6.07, 6.45) is -0.0482. The Balaban J connectivity index is 3.05. The van der Waals surface area contributed by atoms with Crippen molar-refractivity contribution in [2.45, 2.75) is 13.0 Å². The Morgan fingerprint density at radius 3 is 2.12 bits per heavy atom. The van der Waals surface area contributed by atoms with Crippen LogP contribution in [0.4, 0.5) is 5.69 Å². The minimum absolute atomic E-state index is 0.0482. The Bertz CT molecular complexity index is 674. The number of ether oxygens (including phenoxy) is 2. The number of benzene rings is 1. The van der Waals surface area contributed by atoms with E-state index in [9.17, 15) is 5.26 Å². The molecule has 1 unspecified atom stereocenters. The quantitative estimate of drug-likeness (QED) is 0.682. The van der Waals surface area contributed by atoms with E-state index in [-0.39, 0.29) is 17.3 Å². The summed E-state index contributed by atoms with van der Waals surface area (Å²) in [5, 5.41) is 27.1. The second-order valence-electron chi connectivity index (χ2n) is 4.98. The molecule has 0 N–H and O–H groups in total. The molecule has 6 heteroatoms. The predicted octanol–water partition coefficient (Wildman–Crippen LogP) is 2.50. The number of methoxy groups -OCH3 is 2. The lowest BCUT2D eigenvalue weighted by Gasteiger charge is -2.27. The summed E-state index contributed by atoms with van der Waals surface area (Å²) in [5.41, 5.74) is 1.42. The summed E-state index contributed by atoms with van der Waals surface area (Å²) in [6, 6.07) is 12.6. The van der Waals surface area contributed by atoms with Gasteiger partial charge in [0.1, 0.15) is 23.8 Å². The molecule has 1 aromatic rings. The number of nitriles is 3. The maximum atomic E-state index is 9.20. The van der Waals surface area contributed by atoms with Crippen LogP contribution in [0.3, 0.4) is 0 Å². The van der Waals surface area contributed by atoms with E-state index in [0.717, 1.165) is 12.2 Å². The van der Waals surface area contributed by atoms with Crippen LogP contribution in [0.2, 0.25) is 0 Å². The molecule has 6 nitrogen and oxygen atoms in total. The lowest BCUT2D eigenvalue weighted by atomic mass is 10.0. The third-order valence-corrected chi connectivity index (χ3v) is 3.60. The summed E-state index contributed by atoms with van der Waals surface area (Å²) in [6.45, 7) is 3.99. The molecule has 0 radical (unpaired) electrons. The van der Waals surface area contributed by atoms with Crippen LogP contribution in [0.25, 0.3) is 5.57 Å². The van der Waals surface area contributed by atoms with Gasteiger partial charge in [0.15, 0.2) is 0 Å². The first-order valence-electron chi connectivity index (χ1n) is 7.46. The van der Waals surface area contributed by atoms with Gasteiger partial charge in [-0.2, -0.15) is 15.8 Å². The van der Waals surface area contributed by atoms with Crippen LogP contribution in [0, 0.1) is 34.0 Å². The monoisotopic (exact) mass is 324 g/mol. The maximum absolute atomic E-state index is 9.20. The number of rotatable bonds is 8. The molecule has 0 heterocycles. The summed E-state index contributed by atoms with van der Waals surface area (Å²) in [7, 11) is 3.28. The molecule has 0 fully saturated rings. The van der Waals surface area contributed by atoms with Crippen molar-refractivity contribution in [3.63, 3.8) is 0 Å². The highest BCUT2D eigenvalue weighted by Gasteiger charge is 2.14. The van der Waals surface area contributed by atoms with Gasteiger partial charge in [0.05, 0.1) is 18.3 Å². The third-order valence-electron chi connectivity index (χ3n) is 3.60. The SMILES string of the molecule is CCN(CC(COC)OC)c1ccc(C(C#N)=C(C#N)C#N)cc1. The van der Waals surface area contributed by atoms with E-state index in [1.165, 1.54) is 0 Å². The normalized spacial score (nSPS) is 10.8. The highest BCUT2D eigenvalue weighted by atomic mass is 16.5. The Labute approximate surface area is 142 Å². The van der Waals surface area contributed by atoms with Crippen molar-refractivity contribution in [3.05, 3.63) is 35.4 Å². The van der Waals surface area contributed by atoms with Crippen LogP contribution >= 0.6 is 0 Å². The zero-order chi connectivity index (χ0) is 17.9. The molecular formula is C18H20N4O2. The molecule has 0 aromatic heterocycles. The highest BCUT2D eigenvalue weighted by Crippen LogP contribution is 2.22. The van der Waals surface area contributed by atoms with E-state index in [0.29, 0.717) is 18.7 Å². The minimum atomic E-state index is -0.183. The fourth-order valence-electron chi connectivity index (χ4n) is 2.28. The lowest BCUT2D eigenvalue weighted by Crippen LogP contribution is -2.35. The van der Waals surface area contributed by atoms with E-state index in [1.807, 2.05) is 25.1 Å². The smallest absolute Gasteiger partial charge is 0.148 e. The molecule has 24 heavy (non-hydrogen) atoms. The van der Waals surface area contributed by atoms with E-state index >= 15 is 0 Å². The fraction of sp³-hybridized carbons (Fsp3) is 0.389. The van der Waals surface area contributed by atoms with Gasteiger partial charge < -0.3 is 14.4 Å². The largest absolute Gasteiger partial charge is 0.382 e. The van der Waals surface area contributed by atoms with Crippen molar-refractivity contribution >= 4 is 11.3 Å². The summed E-state index contributed by atoms with van der Waals surface area (Å²) in [4.78, 5) is 2.13.